The maximum Gasteiger partial charge on any atom is 0.171 e. The number of aliphatic hydroxyl groups excluding tert-OH is 1. The Morgan fingerprint density at radius 2 is 2.12 bits per heavy atom. The molecule has 2 heterocycles. The lowest BCUT2D eigenvalue weighted by molar-refractivity contribution is 0.00823. The van der Waals surface area contributed by atoms with Gasteiger partial charge in [-0.05, 0) is 36.8 Å². The van der Waals surface area contributed by atoms with Gasteiger partial charge in [0.1, 0.15) is 12.7 Å². The first kappa shape index (κ1) is 18.7. The van der Waals surface area contributed by atoms with Gasteiger partial charge in [0.2, 0.25) is 0 Å². The van der Waals surface area contributed by atoms with Gasteiger partial charge in [-0.2, -0.15) is 5.10 Å². The van der Waals surface area contributed by atoms with Crippen LogP contribution in [-0.4, -0.2) is 37.6 Å². The zero-order valence-electron chi connectivity index (χ0n) is 14.4. The van der Waals surface area contributed by atoms with Gasteiger partial charge in [-0.1, -0.05) is 32.4 Å². The van der Waals surface area contributed by atoms with E-state index in [4.69, 9.17) is 16.3 Å². The van der Waals surface area contributed by atoms with E-state index in [2.05, 4.69) is 15.1 Å². The molecule has 2 atom stereocenters. The van der Waals surface area contributed by atoms with Crippen LogP contribution in [0.3, 0.4) is 0 Å². The minimum Gasteiger partial charge on any atom is -0.490 e. The molecule has 0 aliphatic carbocycles. The van der Waals surface area contributed by atoms with Gasteiger partial charge < -0.3 is 9.84 Å². The number of unbranched alkanes of at least 4 members (excludes halogenated alkanes) is 1. The number of nitrogens with zero attached hydrogens (tertiary/aromatic N) is 4. The molecule has 2 unspecified atom stereocenters. The van der Waals surface area contributed by atoms with Crippen LogP contribution in [-0.2, 0) is 0 Å². The molecular formula is C17H25ClN4O2. The highest BCUT2D eigenvalue weighted by Crippen LogP contribution is 2.31. The van der Waals surface area contributed by atoms with Crippen molar-refractivity contribution in [3.05, 3.63) is 36.1 Å². The molecule has 2 aromatic heterocycles. The number of halogens is 1. The van der Waals surface area contributed by atoms with Crippen LogP contribution < -0.4 is 4.74 Å². The van der Waals surface area contributed by atoms with Crippen LogP contribution in [0.15, 0.2) is 31.0 Å². The maximum absolute atomic E-state index is 10.6. The highest BCUT2D eigenvalue weighted by atomic mass is 35.5. The summed E-state index contributed by atoms with van der Waals surface area (Å²) in [7, 11) is 0. The van der Waals surface area contributed by atoms with Crippen LogP contribution in [0.25, 0.3) is 0 Å². The summed E-state index contributed by atoms with van der Waals surface area (Å²) < 4.78 is 7.39. The van der Waals surface area contributed by atoms with Gasteiger partial charge in [0.05, 0.1) is 18.8 Å². The topological polar surface area (TPSA) is 73.1 Å². The minimum absolute atomic E-state index is 0.102. The summed E-state index contributed by atoms with van der Waals surface area (Å²) in [5.41, 5.74) is -0.226. The Bertz CT molecular complexity index is 613. The van der Waals surface area contributed by atoms with E-state index in [0.29, 0.717) is 17.5 Å². The van der Waals surface area contributed by atoms with Crippen molar-refractivity contribution in [2.45, 2.75) is 52.2 Å². The van der Waals surface area contributed by atoms with Crippen LogP contribution in [0.5, 0.6) is 5.75 Å². The normalized spacial score (nSPS) is 14.4. The van der Waals surface area contributed by atoms with Crippen molar-refractivity contribution in [3.63, 3.8) is 0 Å². The number of hydrogen-bond donors (Lipinski definition) is 1. The predicted molar refractivity (Wildman–Crippen MR) is 93.1 cm³/mol. The maximum atomic E-state index is 10.6. The Morgan fingerprint density at radius 3 is 2.75 bits per heavy atom. The van der Waals surface area contributed by atoms with Gasteiger partial charge in [0.25, 0.3) is 0 Å². The molecule has 24 heavy (non-hydrogen) atoms. The van der Waals surface area contributed by atoms with E-state index in [1.165, 1.54) is 6.33 Å². The van der Waals surface area contributed by atoms with Crippen LogP contribution in [0.4, 0.5) is 0 Å². The summed E-state index contributed by atoms with van der Waals surface area (Å²) in [5, 5.41) is 15.2. The molecule has 2 aromatic rings. The zero-order valence-corrected chi connectivity index (χ0v) is 15.1. The van der Waals surface area contributed by atoms with E-state index >= 15 is 0 Å². The van der Waals surface area contributed by atoms with E-state index in [9.17, 15) is 5.11 Å². The Balaban J connectivity index is 1.84. The molecule has 0 amide bonds. The van der Waals surface area contributed by atoms with Gasteiger partial charge in [-0.25, -0.2) is 14.6 Å². The molecular weight excluding hydrogens is 328 g/mol. The lowest BCUT2D eigenvalue weighted by atomic mass is 9.83. The molecule has 0 saturated heterocycles. The largest absolute Gasteiger partial charge is 0.490 e. The first-order valence-electron chi connectivity index (χ1n) is 8.15. The van der Waals surface area contributed by atoms with Crippen molar-refractivity contribution in [3.8, 4) is 5.75 Å². The van der Waals surface area contributed by atoms with Gasteiger partial charge >= 0.3 is 0 Å². The van der Waals surface area contributed by atoms with E-state index in [1.807, 2.05) is 20.8 Å². The lowest BCUT2D eigenvalue weighted by Crippen LogP contribution is -2.35. The first-order chi connectivity index (χ1) is 11.4. The van der Waals surface area contributed by atoms with Gasteiger partial charge in [-0.3, -0.25) is 0 Å². The second kappa shape index (κ2) is 8.44. The van der Waals surface area contributed by atoms with E-state index < -0.39 is 6.10 Å². The standard InChI is InChI=1S/C17H25ClN4O2/c1-17(2,3)15(23)13(22-12-19-11-21-22)7-4-5-10-24-14-8-6-9-20-16(14)18/h6,8-9,11-13,15,23H,4-5,7,10H2,1-3H3. The molecule has 0 saturated carbocycles. The van der Waals surface area contributed by atoms with Crippen molar-refractivity contribution in [1.82, 2.24) is 19.7 Å². The summed E-state index contributed by atoms with van der Waals surface area (Å²) >= 11 is 5.96. The van der Waals surface area contributed by atoms with Crippen LogP contribution in [0.1, 0.15) is 46.1 Å². The monoisotopic (exact) mass is 352 g/mol. The molecule has 0 aromatic carbocycles. The van der Waals surface area contributed by atoms with E-state index in [-0.39, 0.29) is 11.5 Å². The summed E-state index contributed by atoms with van der Waals surface area (Å²) in [5.74, 6) is 0.599. The molecule has 7 heteroatoms. The van der Waals surface area contributed by atoms with E-state index in [1.54, 1.807) is 29.3 Å². The fourth-order valence-corrected chi connectivity index (χ4v) is 2.69. The van der Waals surface area contributed by atoms with Gasteiger partial charge in [0, 0.05) is 6.20 Å². The predicted octanol–water partition coefficient (Wildman–Crippen LogP) is 3.52. The third-order valence-corrected chi connectivity index (χ3v) is 4.19. The molecule has 6 nitrogen and oxygen atoms in total. The van der Waals surface area contributed by atoms with Crippen molar-refractivity contribution < 1.29 is 9.84 Å². The summed E-state index contributed by atoms with van der Waals surface area (Å²) in [6, 6.07) is 3.49. The number of aliphatic hydroxyl groups is 1. The zero-order chi connectivity index (χ0) is 17.6. The van der Waals surface area contributed by atoms with Crippen molar-refractivity contribution in [2.75, 3.05) is 6.61 Å². The number of aromatic nitrogens is 4. The fourth-order valence-electron chi connectivity index (χ4n) is 2.52. The highest BCUT2D eigenvalue weighted by Gasteiger charge is 2.31. The molecule has 0 spiro atoms. The highest BCUT2D eigenvalue weighted by molar-refractivity contribution is 6.30. The van der Waals surface area contributed by atoms with E-state index in [0.717, 1.165) is 19.3 Å². The molecule has 1 N–H and O–H groups in total. The number of ether oxygens (including phenoxy) is 1. The molecule has 0 radical (unpaired) electrons. The second-order valence-electron chi connectivity index (χ2n) is 6.89. The Kier molecular flexibility index (Phi) is 6.57. The van der Waals surface area contributed by atoms with Crippen molar-refractivity contribution in [2.24, 2.45) is 5.41 Å². The average Bonchev–Trinajstić information content (AvgIpc) is 3.05. The third kappa shape index (κ3) is 5.18. The van der Waals surface area contributed by atoms with Crippen LogP contribution in [0.2, 0.25) is 5.15 Å². The number of hydrogen-bond acceptors (Lipinski definition) is 5. The van der Waals surface area contributed by atoms with Crippen LogP contribution >= 0.6 is 11.6 Å². The summed E-state index contributed by atoms with van der Waals surface area (Å²) in [6.07, 6.45) is 6.83. The first-order valence-corrected chi connectivity index (χ1v) is 8.53. The SMILES string of the molecule is CC(C)(C)C(O)C(CCCCOc1cccnc1Cl)n1cncn1. The smallest absolute Gasteiger partial charge is 0.171 e. The number of pyridine rings is 1. The second-order valence-corrected chi connectivity index (χ2v) is 7.25. The Labute approximate surface area is 147 Å². The third-order valence-electron chi connectivity index (χ3n) is 3.90. The molecule has 0 fully saturated rings. The molecule has 0 aliphatic rings. The van der Waals surface area contributed by atoms with Gasteiger partial charge in [0.15, 0.2) is 10.9 Å². The lowest BCUT2D eigenvalue weighted by Gasteiger charge is -2.33. The molecule has 0 bridgehead atoms. The average molecular weight is 353 g/mol. The summed E-state index contributed by atoms with van der Waals surface area (Å²) in [6.45, 7) is 6.63. The minimum atomic E-state index is -0.507. The fraction of sp³-hybridized carbons (Fsp3) is 0.588. The van der Waals surface area contributed by atoms with Gasteiger partial charge in [-0.15, -0.1) is 0 Å². The summed E-state index contributed by atoms with van der Waals surface area (Å²) in [4.78, 5) is 7.97. The molecule has 132 valence electrons. The van der Waals surface area contributed by atoms with Crippen LogP contribution in [0, 0.1) is 5.41 Å². The van der Waals surface area contributed by atoms with Crippen molar-refractivity contribution >= 4 is 11.6 Å². The Hall–Kier alpha value is -1.66. The Morgan fingerprint density at radius 1 is 1.33 bits per heavy atom. The molecule has 2 rings (SSSR count). The number of rotatable bonds is 8. The molecule has 0 aliphatic heterocycles. The quantitative estimate of drug-likeness (QED) is 0.581. The van der Waals surface area contributed by atoms with Crippen molar-refractivity contribution in [1.29, 1.82) is 0 Å².